The fourth-order valence-electron chi connectivity index (χ4n) is 2.67. The summed E-state index contributed by atoms with van der Waals surface area (Å²) in [6, 6.07) is 19.3. The van der Waals surface area contributed by atoms with Gasteiger partial charge in [0.15, 0.2) is 4.93 Å². The lowest BCUT2D eigenvalue weighted by Gasteiger charge is -2.32. The Labute approximate surface area is 158 Å². The number of thiol groups is 1. The third-order valence-electron chi connectivity index (χ3n) is 4.74. The van der Waals surface area contributed by atoms with E-state index in [1.807, 2.05) is 18.2 Å². The van der Waals surface area contributed by atoms with Crippen LogP contribution in [0, 0.1) is 0 Å². The number of nitrogens with zero attached hydrogens (tertiary/aromatic N) is 1. The Morgan fingerprint density at radius 2 is 1.60 bits per heavy atom. The molecular formula is C22H31NOS. The second-order valence-corrected chi connectivity index (χ2v) is 7.56. The lowest BCUT2D eigenvalue weighted by atomic mass is 9.98. The van der Waals surface area contributed by atoms with Gasteiger partial charge in [0.1, 0.15) is 0 Å². The molecule has 0 saturated heterocycles. The molecule has 0 saturated carbocycles. The molecule has 2 aromatic carbocycles. The van der Waals surface area contributed by atoms with Crippen LogP contribution in [0.5, 0.6) is 0 Å². The second kappa shape index (κ2) is 9.42. The van der Waals surface area contributed by atoms with Crippen molar-refractivity contribution in [1.29, 1.82) is 0 Å². The van der Waals surface area contributed by atoms with Gasteiger partial charge in [-0.1, -0.05) is 67.9 Å². The van der Waals surface area contributed by atoms with Crippen molar-refractivity contribution in [2.24, 2.45) is 0 Å². The molecule has 0 aliphatic rings. The van der Waals surface area contributed by atoms with Crippen molar-refractivity contribution >= 4 is 12.6 Å². The summed E-state index contributed by atoms with van der Waals surface area (Å²) in [5.74, 6) is 0. The molecule has 2 atom stereocenters. The molecule has 0 aromatic heterocycles. The van der Waals surface area contributed by atoms with Crippen molar-refractivity contribution in [3.05, 3.63) is 71.3 Å². The fourth-order valence-corrected chi connectivity index (χ4v) is 3.04. The second-order valence-electron chi connectivity index (χ2n) is 6.93. The van der Waals surface area contributed by atoms with Crippen LogP contribution in [-0.2, 0) is 16.1 Å². The first kappa shape index (κ1) is 20.0. The van der Waals surface area contributed by atoms with Crippen molar-refractivity contribution in [3.63, 3.8) is 0 Å². The minimum Gasteiger partial charge on any atom is -0.354 e. The first-order chi connectivity index (χ1) is 12.0. The topological polar surface area (TPSA) is 12.5 Å². The molecule has 0 N–H and O–H groups in total. The number of hydrogen-bond acceptors (Lipinski definition) is 3. The van der Waals surface area contributed by atoms with Gasteiger partial charge in [0, 0.05) is 6.04 Å². The summed E-state index contributed by atoms with van der Waals surface area (Å²) in [4.78, 5) is 1.42. The van der Waals surface area contributed by atoms with Crippen LogP contribution < -0.4 is 0 Å². The van der Waals surface area contributed by atoms with Crippen molar-refractivity contribution in [1.82, 2.24) is 4.90 Å². The van der Waals surface area contributed by atoms with Gasteiger partial charge in [0.2, 0.25) is 0 Å². The molecule has 3 heteroatoms. The van der Waals surface area contributed by atoms with Crippen LogP contribution in [0.3, 0.4) is 0 Å². The third-order valence-corrected chi connectivity index (χ3v) is 5.39. The minimum absolute atomic E-state index is 0.319. The van der Waals surface area contributed by atoms with Gasteiger partial charge in [0.05, 0.1) is 6.61 Å². The maximum atomic E-state index is 6.37. The van der Waals surface area contributed by atoms with E-state index in [0.717, 1.165) is 17.5 Å². The summed E-state index contributed by atoms with van der Waals surface area (Å²) in [5, 5.41) is 0. The van der Waals surface area contributed by atoms with Crippen LogP contribution in [0.25, 0.3) is 0 Å². The zero-order valence-electron chi connectivity index (χ0n) is 15.9. The molecule has 0 aliphatic carbocycles. The summed E-state index contributed by atoms with van der Waals surface area (Å²) in [5.41, 5.74) is 3.51. The van der Waals surface area contributed by atoms with E-state index in [1.54, 1.807) is 0 Å². The SMILES string of the molecule is CCCCc1ccc(C(S)(OCC(C)N(C)C)c2ccccc2)cc1. The normalized spacial score (nSPS) is 15.1. The first-order valence-electron chi connectivity index (χ1n) is 9.15. The maximum Gasteiger partial charge on any atom is 0.162 e. The predicted octanol–water partition coefficient (Wildman–Crippen LogP) is 5.13. The zero-order valence-corrected chi connectivity index (χ0v) is 16.8. The predicted molar refractivity (Wildman–Crippen MR) is 110 cm³/mol. The zero-order chi connectivity index (χ0) is 18.3. The van der Waals surface area contributed by atoms with Crippen LogP contribution in [0.2, 0.25) is 0 Å². The number of ether oxygens (including phenoxy) is 1. The Kier molecular flexibility index (Phi) is 7.55. The molecule has 2 aromatic rings. The van der Waals surface area contributed by atoms with E-state index in [1.165, 1.54) is 18.4 Å². The van der Waals surface area contributed by atoms with E-state index in [4.69, 9.17) is 17.4 Å². The quantitative estimate of drug-likeness (QED) is 0.493. The monoisotopic (exact) mass is 357 g/mol. The number of likely N-dealkylation sites (N-methyl/N-ethyl adjacent to an activating group) is 1. The van der Waals surface area contributed by atoms with E-state index < -0.39 is 4.93 Å². The third kappa shape index (κ3) is 5.34. The van der Waals surface area contributed by atoms with E-state index in [0.29, 0.717) is 12.6 Å². The Morgan fingerprint density at radius 1 is 1.00 bits per heavy atom. The molecule has 0 radical (unpaired) electrons. The summed E-state index contributed by atoms with van der Waals surface area (Å²) in [6.45, 7) is 5.00. The molecule has 0 bridgehead atoms. The van der Waals surface area contributed by atoms with Crippen molar-refractivity contribution < 1.29 is 4.74 Å². The van der Waals surface area contributed by atoms with Gasteiger partial charge in [-0.15, -0.1) is 12.6 Å². The van der Waals surface area contributed by atoms with Gasteiger partial charge in [-0.2, -0.15) is 0 Å². The van der Waals surface area contributed by atoms with E-state index in [9.17, 15) is 0 Å². The van der Waals surface area contributed by atoms with Gasteiger partial charge in [0.25, 0.3) is 0 Å². The number of benzene rings is 2. The highest BCUT2D eigenvalue weighted by Crippen LogP contribution is 2.38. The van der Waals surface area contributed by atoms with Gasteiger partial charge >= 0.3 is 0 Å². The largest absolute Gasteiger partial charge is 0.354 e. The van der Waals surface area contributed by atoms with Crippen LogP contribution in [0.15, 0.2) is 54.6 Å². The van der Waals surface area contributed by atoms with E-state index >= 15 is 0 Å². The van der Waals surface area contributed by atoms with Crippen LogP contribution in [0.4, 0.5) is 0 Å². The van der Waals surface area contributed by atoms with E-state index in [2.05, 4.69) is 69.2 Å². The molecular weight excluding hydrogens is 326 g/mol. The average Bonchev–Trinajstić information content (AvgIpc) is 2.65. The van der Waals surface area contributed by atoms with Crippen molar-refractivity contribution in [2.75, 3.05) is 20.7 Å². The fraction of sp³-hybridized carbons (Fsp3) is 0.455. The van der Waals surface area contributed by atoms with Crippen molar-refractivity contribution in [2.45, 2.75) is 44.1 Å². The van der Waals surface area contributed by atoms with Gasteiger partial charge in [-0.25, -0.2) is 0 Å². The minimum atomic E-state index is -0.741. The van der Waals surface area contributed by atoms with Crippen molar-refractivity contribution in [3.8, 4) is 0 Å². The van der Waals surface area contributed by atoms with Gasteiger partial charge < -0.3 is 9.64 Å². The molecule has 0 spiro atoms. The Morgan fingerprint density at radius 3 is 2.16 bits per heavy atom. The number of rotatable bonds is 9. The molecule has 0 heterocycles. The molecule has 0 amide bonds. The highest BCUT2D eigenvalue weighted by molar-refractivity contribution is 7.81. The van der Waals surface area contributed by atoms with Gasteiger partial charge in [-0.05, 0) is 50.6 Å². The molecule has 0 aliphatic heterocycles. The highest BCUT2D eigenvalue weighted by Gasteiger charge is 2.32. The first-order valence-corrected chi connectivity index (χ1v) is 9.59. The molecule has 0 fully saturated rings. The number of unbranched alkanes of at least 4 members (excludes halogenated alkanes) is 1. The molecule has 2 nitrogen and oxygen atoms in total. The summed E-state index contributed by atoms with van der Waals surface area (Å²) in [6.07, 6.45) is 3.56. The lowest BCUT2D eigenvalue weighted by Crippen LogP contribution is -2.34. The van der Waals surface area contributed by atoms with E-state index in [-0.39, 0.29) is 0 Å². The standard InChI is InChI=1S/C22H31NOS/c1-5-6-10-19-13-15-21(16-14-19)22(25,20-11-8-7-9-12-20)24-17-18(2)23(3)4/h7-9,11-16,18,25H,5-6,10,17H2,1-4H3. The van der Waals surface area contributed by atoms with Gasteiger partial charge in [-0.3, -0.25) is 0 Å². The molecule has 136 valence electrons. The Bertz CT molecular complexity index is 626. The Hall–Kier alpha value is -1.29. The summed E-state index contributed by atoms with van der Waals surface area (Å²) in [7, 11) is 4.14. The maximum absolute atomic E-state index is 6.37. The van der Waals surface area contributed by atoms with Crippen LogP contribution in [-0.4, -0.2) is 31.6 Å². The summed E-state index contributed by atoms with van der Waals surface area (Å²) >= 11 is 5.00. The average molecular weight is 358 g/mol. The molecule has 25 heavy (non-hydrogen) atoms. The Balaban J connectivity index is 2.28. The number of hydrogen-bond donors (Lipinski definition) is 1. The molecule has 2 unspecified atom stereocenters. The van der Waals surface area contributed by atoms with Crippen LogP contribution >= 0.6 is 12.6 Å². The van der Waals surface area contributed by atoms with Crippen LogP contribution in [0.1, 0.15) is 43.4 Å². The smallest absolute Gasteiger partial charge is 0.162 e. The summed E-state index contributed by atoms with van der Waals surface area (Å²) < 4.78 is 6.37. The number of aryl methyl sites for hydroxylation is 1. The highest BCUT2D eigenvalue weighted by atomic mass is 32.1. The molecule has 2 rings (SSSR count). The lowest BCUT2D eigenvalue weighted by molar-refractivity contribution is 0.0226.